The van der Waals surface area contributed by atoms with Crippen molar-refractivity contribution in [3.63, 3.8) is 0 Å². The number of fused-ring (bicyclic) bond motifs is 8. The molecule has 0 radical (unpaired) electrons. The van der Waals surface area contributed by atoms with Crippen LogP contribution in [0.25, 0.3) is 0 Å². The lowest BCUT2D eigenvalue weighted by molar-refractivity contribution is -0.181. The number of methoxy groups -OCH3 is 2. The lowest BCUT2D eigenvalue weighted by Crippen LogP contribution is -2.59. The highest BCUT2D eigenvalue weighted by molar-refractivity contribution is 5.69. The van der Waals surface area contributed by atoms with Gasteiger partial charge in [-0.2, -0.15) is 0 Å². The van der Waals surface area contributed by atoms with Gasteiger partial charge in [0.25, 0.3) is 0 Å². The Balaban J connectivity index is 0.811. The van der Waals surface area contributed by atoms with Crippen molar-refractivity contribution >= 4 is 11.9 Å². The van der Waals surface area contributed by atoms with E-state index in [1.165, 1.54) is 65.6 Å². The molecule has 0 aromatic heterocycles. The van der Waals surface area contributed by atoms with Crippen LogP contribution >= 0.6 is 0 Å². The Morgan fingerprint density at radius 1 is 0.619 bits per heavy atom. The third-order valence-electron chi connectivity index (χ3n) is 21.4. The molecule has 0 amide bonds. The molecule has 19 atom stereocenters. The zero-order chi connectivity index (χ0) is 45.3. The number of hydrogen-bond acceptors (Lipinski definition) is 8. The van der Waals surface area contributed by atoms with Crippen LogP contribution in [-0.4, -0.2) is 74.0 Å². The number of aliphatic hydroxyl groups excluding tert-OH is 2. The van der Waals surface area contributed by atoms with Crippen LogP contribution < -0.4 is 0 Å². The molecule has 0 aromatic carbocycles. The maximum absolute atomic E-state index is 11.9. The predicted molar refractivity (Wildman–Crippen MR) is 250 cm³/mol. The SMILES string of the molecule is CCC1C2C(CC[C@]1(C)C[C@H](C)CCC(=O)OC)[C@@]1(C)CC[C@@H](OCCCCCO[C@H]3CC[C@@]4(C)C(C3)C[C@H](O)C3C4CC[C@@]4(C)C3CC[C@@H]4[C@H](C)CCC(=O)OC)CC1C[C@H]2O. The molecule has 362 valence electrons. The van der Waals surface area contributed by atoms with Crippen LogP contribution in [0.5, 0.6) is 0 Å². The summed E-state index contributed by atoms with van der Waals surface area (Å²) >= 11 is 0. The number of hydrogen-bond donors (Lipinski definition) is 2. The number of ether oxygens (including phenoxy) is 4. The Morgan fingerprint density at radius 3 is 1.70 bits per heavy atom. The second kappa shape index (κ2) is 20.6. The fourth-order valence-electron chi connectivity index (χ4n) is 18.0. The summed E-state index contributed by atoms with van der Waals surface area (Å²) in [5.41, 5.74) is 1.05. The Labute approximate surface area is 384 Å². The number of esters is 2. The summed E-state index contributed by atoms with van der Waals surface area (Å²) in [6.45, 7) is 18.8. The van der Waals surface area contributed by atoms with Gasteiger partial charge < -0.3 is 29.2 Å². The monoisotopic (exact) mass is 883 g/mol. The summed E-state index contributed by atoms with van der Waals surface area (Å²) in [4.78, 5) is 23.8. The second-order valence-corrected chi connectivity index (χ2v) is 24.5. The molecule has 0 aromatic rings. The van der Waals surface area contributed by atoms with Crippen molar-refractivity contribution in [3.05, 3.63) is 0 Å². The van der Waals surface area contributed by atoms with Gasteiger partial charge >= 0.3 is 11.9 Å². The second-order valence-electron chi connectivity index (χ2n) is 24.5. The third kappa shape index (κ3) is 10.0. The van der Waals surface area contributed by atoms with E-state index >= 15 is 0 Å². The van der Waals surface area contributed by atoms with Gasteiger partial charge in [0.15, 0.2) is 0 Å². The van der Waals surface area contributed by atoms with Gasteiger partial charge in [-0.15, -0.1) is 0 Å². The Bertz CT molecular complexity index is 1470. The third-order valence-corrected chi connectivity index (χ3v) is 21.4. The first kappa shape index (κ1) is 49.7. The summed E-state index contributed by atoms with van der Waals surface area (Å²) < 4.78 is 23.1. The first-order valence-electron chi connectivity index (χ1n) is 26.7. The summed E-state index contributed by atoms with van der Waals surface area (Å²) in [7, 11) is 2.98. The minimum Gasteiger partial charge on any atom is -0.469 e. The molecule has 8 nitrogen and oxygen atoms in total. The highest BCUT2D eigenvalue weighted by Gasteiger charge is 2.63. The smallest absolute Gasteiger partial charge is 0.305 e. The van der Waals surface area contributed by atoms with E-state index in [9.17, 15) is 19.8 Å². The van der Waals surface area contributed by atoms with Crippen molar-refractivity contribution in [1.29, 1.82) is 0 Å². The van der Waals surface area contributed by atoms with Gasteiger partial charge in [-0.05, 0) is 215 Å². The van der Waals surface area contributed by atoms with E-state index in [-0.39, 0.29) is 40.4 Å². The standard InChI is InChI=1S/C55H94O8/c1-10-41-50-44(22-24-52(41,4)34-35(2)14-18-48(58)60-8)53(5)25-20-39(30-37(53)32-46(50)56)62-28-12-11-13-29-63-40-21-26-54(6)38(31-40)33-47(57)51-43-17-16-42(36(3)15-19-49(59)61-9)55(43,7)27-23-45(51)54/h35-47,50-51,56-57H,10-34H2,1-9H3/t35-,36-,37?,38?,39-,40+,41?,42-,43?,44?,45?,46-,47+,50?,51?,52-,53+,54+,55-/m1/s1. The van der Waals surface area contributed by atoms with Crippen LogP contribution in [0.1, 0.15) is 196 Å². The average molecular weight is 883 g/mol. The molecule has 0 bridgehead atoms. The number of carbonyl (C=O) groups is 2. The zero-order valence-corrected chi connectivity index (χ0v) is 41.7. The molecular weight excluding hydrogens is 789 g/mol. The lowest BCUT2D eigenvalue weighted by Gasteiger charge is -2.63. The van der Waals surface area contributed by atoms with E-state index in [1.54, 1.807) is 0 Å². The molecule has 2 N–H and O–H groups in total. The van der Waals surface area contributed by atoms with Crippen LogP contribution in [0.4, 0.5) is 0 Å². The molecule has 7 aliphatic carbocycles. The molecule has 8 heteroatoms. The number of rotatable bonds is 18. The minimum atomic E-state index is -0.232. The van der Waals surface area contributed by atoms with Crippen molar-refractivity contribution in [2.75, 3.05) is 27.4 Å². The molecule has 8 unspecified atom stereocenters. The molecule has 7 saturated carbocycles. The van der Waals surface area contributed by atoms with E-state index in [0.717, 1.165) is 96.7 Å². The van der Waals surface area contributed by atoms with Gasteiger partial charge in [0.1, 0.15) is 0 Å². The van der Waals surface area contributed by atoms with Gasteiger partial charge in [0, 0.05) is 26.1 Å². The molecule has 0 heterocycles. The molecule has 7 rings (SSSR count). The van der Waals surface area contributed by atoms with Gasteiger partial charge in [-0.1, -0.05) is 54.9 Å². The topological polar surface area (TPSA) is 112 Å². The van der Waals surface area contributed by atoms with Gasteiger partial charge in [-0.25, -0.2) is 0 Å². The van der Waals surface area contributed by atoms with Gasteiger partial charge in [0.05, 0.1) is 38.6 Å². The van der Waals surface area contributed by atoms with E-state index in [0.29, 0.717) is 95.6 Å². The Kier molecular flexibility index (Phi) is 16.2. The van der Waals surface area contributed by atoms with Crippen molar-refractivity contribution in [3.8, 4) is 0 Å². The summed E-state index contributed by atoms with van der Waals surface area (Å²) in [6.07, 6.45) is 24.7. The van der Waals surface area contributed by atoms with Crippen LogP contribution in [0.15, 0.2) is 0 Å². The number of aliphatic hydroxyl groups is 2. The highest BCUT2D eigenvalue weighted by Crippen LogP contribution is 2.69. The Hall–Kier alpha value is -1.22. The van der Waals surface area contributed by atoms with Crippen molar-refractivity contribution in [2.24, 2.45) is 86.8 Å². The molecule has 0 spiro atoms. The van der Waals surface area contributed by atoms with Crippen molar-refractivity contribution < 1.29 is 38.7 Å². The van der Waals surface area contributed by atoms with E-state index in [4.69, 9.17) is 18.9 Å². The molecule has 63 heavy (non-hydrogen) atoms. The molecule has 7 aliphatic rings. The zero-order valence-electron chi connectivity index (χ0n) is 41.7. The molecule has 7 fully saturated rings. The molecular formula is C55H94O8. The fraction of sp³-hybridized carbons (Fsp3) is 0.964. The predicted octanol–water partition coefficient (Wildman–Crippen LogP) is 11.8. The largest absolute Gasteiger partial charge is 0.469 e. The van der Waals surface area contributed by atoms with E-state index in [2.05, 4.69) is 48.5 Å². The number of carbonyl (C=O) groups excluding carboxylic acids is 2. The summed E-state index contributed by atoms with van der Waals surface area (Å²) in [6, 6.07) is 0. The Morgan fingerprint density at radius 2 is 1.13 bits per heavy atom. The van der Waals surface area contributed by atoms with Crippen LogP contribution in [0.3, 0.4) is 0 Å². The quantitative estimate of drug-likeness (QED) is 0.103. The minimum absolute atomic E-state index is 0.0918. The van der Waals surface area contributed by atoms with Gasteiger partial charge in [-0.3, -0.25) is 9.59 Å². The fourth-order valence-corrected chi connectivity index (χ4v) is 18.0. The van der Waals surface area contributed by atoms with Crippen molar-refractivity contribution in [2.45, 2.75) is 221 Å². The maximum atomic E-state index is 11.9. The summed E-state index contributed by atoms with van der Waals surface area (Å²) in [5, 5.41) is 23.8. The summed E-state index contributed by atoms with van der Waals surface area (Å²) in [5.74, 6) is 5.56. The highest BCUT2D eigenvalue weighted by atomic mass is 16.5. The van der Waals surface area contributed by atoms with Crippen LogP contribution in [-0.2, 0) is 28.5 Å². The van der Waals surface area contributed by atoms with Crippen LogP contribution in [0, 0.1) is 86.8 Å². The lowest BCUT2D eigenvalue weighted by atomic mass is 9.43. The first-order chi connectivity index (χ1) is 30.0. The average Bonchev–Trinajstić information content (AvgIpc) is 3.62. The van der Waals surface area contributed by atoms with Crippen LogP contribution in [0.2, 0.25) is 0 Å². The van der Waals surface area contributed by atoms with Gasteiger partial charge in [0.2, 0.25) is 0 Å². The maximum Gasteiger partial charge on any atom is 0.305 e. The first-order valence-corrected chi connectivity index (χ1v) is 26.7. The number of unbranched alkanes of at least 4 members (excludes halogenated alkanes) is 2. The molecule has 0 aliphatic heterocycles. The van der Waals surface area contributed by atoms with E-state index < -0.39 is 0 Å². The van der Waals surface area contributed by atoms with E-state index in [1.807, 2.05) is 0 Å². The normalized spacial score (nSPS) is 45.4. The molecule has 0 saturated heterocycles. The van der Waals surface area contributed by atoms with Crippen molar-refractivity contribution in [1.82, 2.24) is 0 Å².